The predicted molar refractivity (Wildman–Crippen MR) is 90.2 cm³/mol. The Morgan fingerprint density at radius 1 is 1.35 bits per heavy atom. The molecule has 1 aliphatic rings. The lowest BCUT2D eigenvalue weighted by molar-refractivity contribution is -0.117. The number of rotatable bonds is 4. The van der Waals surface area contributed by atoms with Crippen molar-refractivity contribution in [2.75, 3.05) is 18.9 Å². The molecule has 0 aliphatic heterocycles. The Hall–Kier alpha value is -1.91. The van der Waals surface area contributed by atoms with E-state index < -0.39 is 5.82 Å². The summed E-state index contributed by atoms with van der Waals surface area (Å²) in [6.07, 6.45) is 2.02. The van der Waals surface area contributed by atoms with Crippen molar-refractivity contribution in [1.29, 1.82) is 0 Å². The summed E-state index contributed by atoms with van der Waals surface area (Å²) in [5.74, 6) is -0.766. The summed E-state index contributed by atoms with van der Waals surface area (Å²) >= 11 is 5.71. The summed E-state index contributed by atoms with van der Waals surface area (Å²) in [6.45, 7) is 0.209. The number of carbonyl (C=O) groups is 1. The summed E-state index contributed by atoms with van der Waals surface area (Å²) in [7, 11) is 1.92. The second-order valence-electron chi connectivity index (χ2n) is 5.84. The molecule has 0 spiro atoms. The summed E-state index contributed by atoms with van der Waals surface area (Å²) < 4.78 is 13.7. The normalized spacial score (nSPS) is 16.4. The average Bonchev–Trinajstić information content (AvgIpc) is 2.94. The van der Waals surface area contributed by atoms with E-state index in [9.17, 15) is 9.18 Å². The fourth-order valence-electron chi connectivity index (χ4n) is 3.11. The lowest BCUT2D eigenvalue weighted by Crippen LogP contribution is -2.32. The lowest BCUT2D eigenvalue weighted by atomic mass is 10.1. The van der Waals surface area contributed by atoms with E-state index in [-0.39, 0.29) is 24.2 Å². The second-order valence-corrected chi connectivity index (χ2v) is 6.28. The minimum absolute atomic E-state index is 0.152. The third-order valence-electron chi connectivity index (χ3n) is 4.23. The molecule has 1 N–H and O–H groups in total. The Labute approximate surface area is 140 Å². The van der Waals surface area contributed by atoms with Crippen molar-refractivity contribution in [2.24, 2.45) is 0 Å². The highest BCUT2D eigenvalue weighted by atomic mass is 35.5. The van der Waals surface area contributed by atoms with E-state index in [0.29, 0.717) is 5.02 Å². The number of nitrogens with zero attached hydrogens (tertiary/aromatic N) is 1. The van der Waals surface area contributed by atoms with Gasteiger partial charge >= 0.3 is 0 Å². The van der Waals surface area contributed by atoms with Crippen LogP contribution >= 0.6 is 11.6 Å². The first-order chi connectivity index (χ1) is 11.0. The predicted octanol–water partition coefficient (Wildman–Crippen LogP) is 4.04. The van der Waals surface area contributed by atoms with Crippen molar-refractivity contribution in [3.8, 4) is 0 Å². The van der Waals surface area contributed by atoms with E-state index in [1.54, 1.807) is 6.07 Å². The fourth-order valence-corrected chi connectivity index (χ4v) is 3.27. The van der Waals surface area contributed by atoms with Crippen LogP contribution in [0.1, 0.15) is 23.6 Å². The molecule has 1 amide bonds. The van der Waals surface area contributed by atoms with Gasteiger partial charge in [0.1, 0.15) is 5.82 Å². The van der Waals surface area contributed by atoms with Crippen molar-refractivity contribution in [1.82, 2.24) is 4.90 Å². The van der Waals surface area contributed by atoms with E-state index in [1.807, 2.05) is 24.1 Å². The van der Waals surface area contributed by atoms with Gasteiger partial charge in [0.25, 0.3) is 0 Å². The molecule has 0 saturated heterocycles. The van der Waals surface area contributed by atoms with Crippen LogP contribution in [0.25, 0.3) is 0 Å². The van der Waals surface area contributed by atoms with E-state index >= 15 is 0 Å². The monoisotopic (exact) mass is 332 g/mol. The molecule has 120 valence electrons. The molecule has 3 rings (SSSR count). The number of amides is 1. The number of benzene rings is 2. The summed E-state index contributed by atoms with van der Waals surface area (Å²) in [5.41, 5.74) is 2.77. The van der Waals surface area contributed by atoms with Crippen LogP contribution < -0.4 is 5.32 Å². The van der Waals surface area contributed by atoms with Crippen molar-refractivity contribution < 1.29 is 9.18 Å². The second kappa shape index (κ2) is 6.69. The molecule has 0 heterocycles. The van der Waals surface area contributed by atoms with Gasteiger partial charge in [-0.1, -0.05) is 35.9 Å². The van der Waals surface area contributed by atoms with E-state index in [0.717, 1.165) is 12.8 Å². The number of nitrogens with one attached hydrogen (secondary N) is 1. The number of anilines is 1. The summed E-state index contributed by atoms with van der Waals surface area (Å²) in [5, 5.41) is 2.91. The highest BCUT2D eigenvalue weighted by molar-refractivity contribution is 6.30. The van der Waals surface area contributed by atoms with Crippen molar-refractivity contribution in [3.05, 3.63) is 64.4 Å². The molecule has 2 aromatic carbocycles. The molecule has 2 aromatic rings. The smallest absolute Gasteiger partial charge is 0.238 e. The molecule has 0 unspecified atom stereocenters. The molecule has 23 heavy (non-hydrogen) atoms. The minimum Gasteiger partial charge on any atom is -0.322 e. The maximum absolute atomic E-state index is 13.7. The van der Waals surface area contributed by atoms with Gasteiger partial charge < -0.3 is 5.32 Å². The molecule has 0 saturated carbocycles. The number of hydrogen-bond acceptors (Lipinski definition) is 2. The van der Waals surface area contributed by atoms with Gasteiger partial charge in [-0.05, 0) is 49.2 Å². The quantitative estimate of drug-likeness (QED) is 0.916. The van der Waals surface area contributed by atoms with E-state index in [1.165, 1.54) is 23.3 Å². The van der Waals surface area contributed by atoms with Crippen LogP contribution in [0.3, 0.4) is 0 Å². The fraction of sp³-hybridized carbons (Fsp3) is 0.278. The van der Waals surface area contributed by atoms with Gasteiger partial charge in [0.2, 0.25) is 5.91 Å². The first-order valence-corrected chi connectivity index (χ1v) is 7.95. The van der Waals surface area contributed by atoms with Crippen LogP contribution in [0.15, 0.2) is 42.5 Å². The largest absolute Gasteiger partial charge is 0.322 e. The van der Waals surface area contributed by atoms with Gasteiger partial charge in [-0.25, -0.2) is 4.39 Å². The van der Waals surface area contributed by atoms with Crippen LogP contribution in [-0.4, -0.2) is 24.4 Å². The molecule has 1 aliphatic carbocycles. The van der Waals surface area contributed by atoms with Crippen LogP contribution in [0.4, 0.5) is 10.1 Å². The number of likely N-dealkylation sites (N-methyl/N-ethyl adjacent to an activating group) is 1. The molecule has 0 bridgehead atoms. The molecule has 0 aromatic heterocycles. The Bertz CT molecular complexity index is 735. The Kier molecular flexibility index (Phi) is 4.64. The molecule has 1 atom stereocenters. The van der Waals surface area contributed by atoms with Gasteiger partial charge in [-0.3, -0.25) is 9.69 Å². The molecule has 0 radical (unpaired) electrons. The zero-order valence-electron chi connectivity index (χ0n) is 12.9. The Morgan fingerprint density at radius 3 is 2.91 bits per heavy atom. The van der Waals surface area contributed by atoms with Gasteiger partial charge in [0.15, 0.2) is 0 Å². The number of hydrogen-bond donors (Lipinski definition) is 1. The molecular formula is C18H18ClFN2O. The average molecular weight is 333 g/mol. The lowest BCUT2D eigenvalue weighted by Gasteiger charge is -2.24. The number of carbonyl (C=O) groups excluding carboxylic acids is 1. The summed E-state index contributed by atoms with van der Waals surface area (Å²) in [6, 6.07) is 12.7. The number of halogens is 2. The van der Waals surface area contributed by atoms with Crippen LogP contribution in [0.5, 0.6) is 0 Å². The third-order valence-corrected chi connectivity index (χ3v) is 4.47. The first kappa shape index (κ1) is 16.0. The molecule has 0 fully saturated rings. The number of fused-ring (bicyclic) bond motifs is 1. The zero-order chi connectivity index (χ0) is 16.4. The van der Waals surface area contributed by atoms with Crippen LogP contribution in [0, 0.1) is 5.82 Å². The highest BCUT2D eigenvalue weighted by Gasteiger charge is 2.26. The van der Waals surface area contributed by atoms with Crippen molar-refractivity contribution in [2.45, 2.75) is 18.9 Å². The maximum Gasteiger partial charge on any atom is 0.238 e. The zero-order valence-corrected chi connectivity index (χ0v) is 13.6. The maximum atomic E-state index is 13.7. The van der Waals surface area contributed by atoms with Crippen LogP contribution in [0.2, 0.25) is 5.02 Å². The van der Waals surface area contributed by atoms with E-state index in [4.69, 9.17) is 11.6 Å². The SMILES string of the molecule is CN(CC(=O)Nc1ccc(Cl)cc1F)[C@H]1CCc2ccccc21. The van der Waals surface area contributed by atoms with Gasteiger partial charge in [0, 0.05) is 11.1 Å². The van der Waals surface area contributed by atoms with Crippen LogP contribution in [-0.2, 0) is 11.2 Å². The molecule has 5 heteroatoms. The van der Waals surface area contributed by atoms with Gasteiger partial charge in [0.05, 0.1) is 12.2 Å². The van der Waals surface area contributed by atoms with Gasteiger partial charge in [-0.15, -0.1) is 0 Å². The Balaban J connectivity index is 1.64. The third kappa shape index (κ3) is 3.54. The van der Waals surface area contributed by atoms with E-state index in [2.05, 4.69) is 17.4 Å². The number of aryl methyl sites for hydroxylation is 1. The molecular weight excluding hydrogens is 315 g/mol. The standard InChI is InChI=1S/C18H18ClFN2O/c1-22(17-9-6-12-4-2-3-5-14(12)17)11-18(23)21-16-8-7-13(19)10-15(16)20/h2-5,7-8,10,17H,6,9,11H2,1H3,(H,21,23)/t17-/m0/s1. The Morgan fingerprint density at radius 2 is 2.13 bits per heavy atom. The molecule has 3 nitrogen and oxygen atoms in total. The van der Waals surface area contributed by atoms with Crippen molar-refractivity contribution >= 4 is 23.2 Å². The first-order valence-electron chi connectivity index (χ1n) is 7.57. The van der Waals surface area contributed by atoms with Gasteiger partial charge in [-0.2, -0.15) is 0 Å². The topological polar surface area (TPSA) is 32.3 Å². The summed E-state index contributed by atoms with van der Waals surface area (Å²) in [4.78, 5) is 14.2. The highest BCUT2D eigenvalue weighted by Crippen LogP contribution is 2.34. The van der Waals surface area contributed by atoms with Crippen molar-refractivity contribution in [3.63, 3.8) is 0 Å². The minimum atomic E-state index is -0.528.